The predicted octanol–water partition coefficient (Wildman–Crippen LogP) is 2.13. The van der Waals surface area contributed by atoms with Crippen LogP contribution in [-0.2, 0) is 14.8 Å². The van der Waals surface area contributed by atoms with Crippen molar-refractivity contribution in [2.45, 2.75) is 30.6 Å². The van der Waals surface area contributed by atoms with Crippen LogP contribution in [0, 0.1) is 0 Å². The quantitative estimate of drug-likeness (QED) is 0.489. The number of nitrogens with one attached hydrogen (secondary N) is 1. The number of carbonyl (C=O) groups excluding carboxylic acids is 1. The number of esters is 1. The Labute approximate surface area is 136 Å². The van der Waals surface area contributed by atoms with Crippen molar-refractivity contribution in [1.29, 1.82) is 0 Å². The molecule has 21 heavy (non-hydrogen) atoms. The van der Waals surface area contributed by atoms with Crippen LogP contribution in [0.4, 0.5) is 0 Å². The lowest BCUT2D eigenvalue weighted by atomic mass is 10.2. The zero-order chi connectivity index (χ0) is 15.9. The second-order valence-electron chi connectivity index (χ2n) is 4.28. The van der Waals surface area contributed by atoms with Crippen molar-refractivity contribution in [2.75, 3.05) is 20.3 Å². The first-order valence-electron chi connectivity index (χ1n) is 6.40. The lowest BCUT2D eigenvalue weighted by molar-refractivity contribution is 0.0606. The van der Waals surface area contributed by atoms with Gasteiger partial charge in [0.1, 0.15) is 9.77 Å². The smallest absolute Gasteiger partial charge is 0.348 e. The average Bonchev–Trinajstić information content (AvgIpc) is 2.84. The highest BCUT2D eigenvalue weighted by Gasteiger charge is 2.23. The fraction of sp³-hybridized carbons (Fsp3) is 0.583. The molecule has 0 atom stereocenters. The molecule has 0 saturated carbocycles. The number of ether oxygens (including phenoxy) is 1. The molecule has 0 bridgehead atoms. The number of halogens is 1. The molecule has 120 valence electrons. The van der Waals surface area contributed by atoms with Gasteiger partial charge in [-0.2, -0.15) is 0 Å². The zero-order valence-electron chi connectivity index (χ0n) is 11.6. The number of rotatable bonds is 9. The summed E-state index contributed by atoms with van der Waals surface area (Å²) in [6, 6.07) is 1.30. The second kappa shape index (κ2) is 8.84. The van der Waals surface area contributed by atoms with Gasteiger partial charge in [0.05, 0.1) is 10.9 Å². The molecule has 1 aromatic rings. The highest BCUT2D eigenvalue weighted by molar-refractivity contribution is 9.11. The molecular formula is C12H18BrNO5S2. The van der Waals surface area contributed by atoms with Gasteiger partial charge in [-0.15, -0.1) is 11.3 Å². The first kappa shape index (κ1) is 18.6. The predicted molar refractivity (Wildman–Crippen MR) is 84.1 cm³/mol. The van der Waals surface area contributed by atoms with Gasteiger partial charge < -0.3 is 9.84 Å². The minimum atomic E-state index is -3.65. The summed E-state index contributed by atoms with van der Waals surface area (Å²) in [5.74, 6) is -0.564. The number of aliphatic hydroxyl groups is 1. The van der Waals surface area contributed by atoms with Gasteiger partial charge in [0, 0.05) is 13.2 Å². The minimum Gasteiger partial charge on any atom is -0.465 e. The number of aliphatic hydroxyl groups excluding tert-OH is 1. The molecule has 0 aliphatic carbocycles. The number of methoxy groups -OCH3 is 1. The van der Waals surface area contributed by atoms with Gasteiger partial charge in [0.15, 0.2) is 0 Å². The van der Waals surface area contributed by atoms with Crippen LogP contribution in [0.5, 0.6) is 0 Å². The Morgan fingerprint density at radius 1 is 1.38 bits per heavy atom. The first-order chi connectivity index (χ1) is 9.92. The van der Waals surface area contributed by atoms with E-state index in [0.29, 0.717) is 16.8 Å². The van der Waals surface area contributed by atoms with Crippen molar-refractivity contribution in [2.24, 2.45) is 0 Å². The van der Waals surface area contributed by atoms with E-state index in [1.54, 1.807) is 0 Å². The fourth-order valence-electron chi connectivity index (χ4n) is 1.61. The molecule has 0 unspecified atom stereocenters. The summed E-state index contributed by atoms with van der Waals surface area (Å²) in [6.07, 6.45) is 3.14. The van der Waals surface area contributed by atoms with E-state index in [9.17, 15) is 13.2 Å². The van der Waals surface area contributed by atoms with E-state index in [1.807, 2.05) is 0 Å². The highest BCUT2D eigenvalue weighted by Crippen LogP contribution is 2.31. The summed E-state index contributed by atoms with van der Waals surface area (Å²) in [7, 11) is -2.40. The van der Waals surface area contributed by atoms with Crippen LogP contribution in [0.15, 0.2) is 14.7 Å². The lowest BCUT2D eigenvalue weighted by Gasteiger charge is -2.05. The Morgan fingerprint density at radius 3 is 2.67 bits per heavy atom. The van der Waals surface area contributed by atoms with Crippen LogP contribution in [0.1, 0.15) is 35.4 Å². The number of thiophene rings is 1. The molecule has 0 saturated heterocycles. The lowest BCUT2D eigenvalue weighted by Crippen LogP contribution is -2.24. The molecule has 0 amide bonds. The number of unbranched alkanes of at least 4 members (excludes halogenated alkanes) is 3. The van der Waals surface area contributed by atoms with Gasteiger partial charge >= 0.3 is 5.97 Å². The average molecular weight is 400 g/mol. The first-order valence-corrected chi connectivity index (χ1v) is 9.50. The maximum Gasteiger partial charge on any atom is 0.348 e. The summed E-state index contributed by atoms with van der Waals surface area (Å²) in [6.45, 7) is 0.480. The van der Waals surface area contributed by atoms with Gasteiger partial charge in [-0.25, -0.2) is 17.9 Å². The second-order valence-corrected chi connectivity index (χ2v) is 8.38. The van der Waals surface area contributed by atoms with E-state index in [0.717, 1.165) is 30.6 Å². The molecule has 0 aromatic carbocycles. The maximum absolute atomic E-state index is 12.1. The molecule has 1 rings (SSSR count). The van der Waals surface area contributed by atoms with Gasteiger partial charge in [-0.05, 0) is 34.8 Å². The fourth-order valence-corrected chi connectivity index (χ4v) is 5.17. The molecule has 6 nitrogen and oxygen atoms in total. The van der Waals surface area contributed by atoms with Crippen molar-refractivity contribution in [3.05, 3.63) is 14.7 Å². The van der Waals surface area contributed by atoms with Crippen LogP contribution in [0.3, 0.4) is 0 Å². The summed E-state index contributed by atoms with van der Waals surface area (Å²) in [5.41, 5.74) is 0. The highest BCUT2D eigenvalue weighted by atomic mass is 79.9. The third-order valence-corrected chi connectivity index (χ3v) is 6.40. The molecule has 1 heterocycles. The number of carbonyl (C=O) groups is 1. The number of hydrogen-bond acceptors (Lipinski definition) is 6. The summed E-state index contributed by atoms with van der Waals surface area (Å²) in [5, 5.41) is 8.65. The molecule has 0 spiro atoms. The van der Waals surface area contributed by atoms with E-state index < -0.39 is 16.0 Å². The number of sulfonamides is 1. The zero-order valence-corrected chi connectivity index (χ0v) is 14.8. The monoisotopic (exact) mass is 399 g/mol. The molecule has 0 fully saturated rings. The van der Waals surface area contributed by atoms with Gasteiger partial charge in [0.25, 0.3) is 0 Å². The van der Waals surface area contributed by atoms with Crippen molar-refractivity contribution < 1.29 is 23.1 Å². The van der Waals surface area contributed by atoms with Crippen molar-refractivity contribution >= 4 is 43.3 Å². The summed E-state index contributed by atoms with van der Waals surface area (Å²) < 4.78 is 31.7. The molecular weight excluding hydrogens is 382 g/mol. The molecule has 9 heteroatoms. The van der Waals surface area contributed by atoms with E-state index in [1.165, 1.54) is 13.2 Å². The van der Waals surface area contributed by atoms with Gasteiger partial charge in [0.2, 0.25) is 10.0 Å². The topological polar surface area (TPSA) is 92.7 Å². The Bertz CT molecular complexity index is 570. The third-order valence-electron chi connectivity index (χ3n) is 2.71. The molecule has 0 aliphatic rings. The Morgan fingerprint density at radius 2 is 2.05 bits per heavy atom. The van der Waals surface area contributed by atoms with Crippen molar-refractivity contribution in [3.8, 4) is 0 Å². The summed E-state index contributed by atoms with van der Waals surface area (Å²) >= 11 is 4.18. The van der Waals surface area contributed by atoms with Crippen LogP contribution in [0.2, 0.25) is 0 Å². The number of hydrogen-bond donors (Lipinski definition) is 2. The van der Waals surface area contributed by atoms with E-state index >= 15 is 0 Å². The Balaban J connectivity index is 2.62. The molecule has 0 radical (unpaired) electrons. The van der Waals surface area contributed by atoms with Gasteiger partial charge in [-0.3, -0.25) is 0 Å². The summed E-state index contributed by atoms with van der Waals surface area (Å²) in [4.78, 5) is 11.7. The maximum atomic E-state index is 12.1. The van der Waals surface area contributed by atoms with Crippen LogP contribution in [-0.4, -0.2) is 39.8 Å². The van der Waals surface area contributed by atoms with Crippen LogP contribution >= 0.6 is 27.3 Å². The standard InChI is InChI=1S/C12H18BrNO5S2/c1-19-12(16)9-8-10(11(13)20-9)21(17,18)14-6-4-2-3-5-7-15/h8,14-15H,2-7H2,1H3. The van der Waals surface area contributed by atoms with Gasteiger partial charge in [-0.1, -0.05) is 12.8 Å². The minimum absolute atomic E-state index is 0.0447. The van der Waals surface area contributed by atoms with E-state index in [2.05, 4.69) is 25.4 Å². The third kappa shape index (κ3) is 5.67. The van der Waals surface area contributed by atoms with E-state index in [-0.39, 0.29) is 16.4 Å². The Hall–Kier alpha value is -0.480. The SMILES string of the molecule is COC(=O)c1cc(S(=O)(=O)NCCCCCCO)c(Br)s1. The van der Waals surface area contributed by atoms with E-state index in [4.69, 9.17) is 5.11 Å². The molecule has 1 aromatic heterocycles. The van der Waals surface area contributed by atoms with Crippen molar-refractivity contribution in [3.63, 3.8) is 0 Å². The van der Waals surface area contributed by atoms with Crippen molar-refractivity contribution in [1.82, 2.24) is 4.72 Å². The molecule has 0 aliphatic heterocycles. The Kier molecular flexibility index (Phi) is 7.82. The largest absolute Gasteiger partial charge is 0.465 e. The van der Waals surface area contributed by atoms with Crippen LogP contribution in [0.25, 0.3) is 0 Å². The molecule has 2 N–H and O–H groups in total. The van der Waals surface area contributed by atoms with Crippen LogP contribution < -0.4 is 4.72 Å². The normalized spacial score (nSPS) is 11.6.